The Labute approximate surface area is 173 Å². The Morgan fingerprint density at radius 1 is 0.933 bits per heavy atom. The van der Waals surface area contributed by atoms with Crippen molar-refractivity contribution in [3.8, 4) is 23.0 Å². The Bertz CT molecular complexity index is 1120. The summed E-state index contributed by atoms with van der Waals surface area (Å²) >= 11 is 0. The molecule has 152 valence electrons. The van der Waals surface area contributed by atoms with Gasteiger partial charge in [-0.25, -0.2) is 0 Å². The highest BCUT2D eigenvalue weighted by Gasteiger charge is 2.25. The molecule has 1 N–H and O–H groups in total. The predicted octanol–water partition coefficient (Wildman–Crippen LogP) is 4.34. The van der Waals surface area contributed by atoms with Gasteiger partial charge in [0, 0.05) is 30.4 Å². The number of anilines is 2. The highest BCUT2D eigenvalue weighted by molar-refractivity contribution is 6.10. The average molecular weight is 404 g/mol. The molecule has 0 unspecified atom stereocenters. The van der Waals surface area contributed by atoms with E-state index in [0.29, 0.717) is 45.5 Å². The van der Waals surface area contributed by atoms with Crippen LogP contribution in [0.2, 0.25) is 0 Å². The van der Waals surface area contributed by atoms with Crippen molar-refractivity contribution in [2.45, 2.75) is 0 Å². The molecule has 0 aliphatic carbocycles. The quantitative estimate of drug-likeness (QED) is 0.700. The smallest absolute Gasteiger partial charge is 0.261 e. The molecule has 0 atom stereocenters. The summed E-state index contributed by atoms with van der Waals surface area (Å²) in [5.74, 6) is 1.48. The fourth-order valence-corrected chi connectivity index (χ4v) is 3.23. The fourth-order valence-electron chi connectivity index (χ4n) is 3.23. The first-order valence-electron chi connectivity index (χ1n) is 9.23. The van der Waals surface area contributed by atoms with Gasteiger partial charge in [-0.05, 0) is 36.4 Å². The second-order valence-electron chi connectivity index (χ2n) is 6.70. The molecule has 7 nitrogen and oxygen atoms in total. The summed E-state index contributed by atoms with van der Waals surface area (Å²) in [5, 5.41) is 2.85. The predicted molar refractivity (Wildman–Crippen MR) is 113 cm³/mol. The number of hydrogen-bond acceptors (Lipinski definition) is 5. The van der Waals surface area contributed by atoms with Gasteiger partial charge in [-0.2, -0.15) is 0 Å². The van der Waals surface area contributed by atoms with E-state index in [0.717, 1.165) is 0 Å². The van der Waals surface area contributed by atoms with E-state index in [1.54, 1.807) is 67.7 Å². The van der Waals surface area contributed by atoms with Gasteiger partial charge in [0.15, 0.2) is 5.75 Å². The van der Waals surface area contributed by atoms with Crippen LogP contribution < -0.4 is 24.4 Å². The van der Waals surface area contributed by atoms with E-state index in [4.69, 9.17) is 14.2 Å². The molecule has 4 rings (SSSR count). The highest BCUT2D eigenvalue weighted by Crippen LogP contribution is 2.39. The van der Waals surface area contributed by atoms with Crippen LogP contribution in [0.1, 0.15) is 20.7 Å². The maximum atomic E-state index is 12.8. The van der Waals surface area contributed by atoms with Crippen LogP contribution in [0.3, 0.4) is 0 Å². The van der Waals surface area contributed by atoms with E-state index in [1.807, 2.05) is 0 Å². The van der Waals surface area contributed by atoms with E-state index in [9.17, 15) is 9.59 Å². The molecule has 30 heavy (non-hydrogen) atoms. The molecule has 2 amide bonds. The van der Waals surface area contributed by atoms with Crippen LogP contribution in [0.25, 0.3) is 0 Å². The first-order valence-corrected chi connectivity index (χ1v) is 9.23. The standard InChI is InChI=1S/C23H20N2O5/c1-25-19-9-8-15(12-21(19)30-20-7-5-4-6-18(20)23(25)27)24-22(26)14-10-16(28-2)13-17(11-14)29-3/h4-13H,1-3H3,(H,24,26). The van der Waals surface area contributed by atoms with Gasteiger partial charge in [-0.1, -0.05) is 12.1 Å². The monoisotopic (exact) mass is 404 g/mol. The molecule has 0 bridgehead atoms. The lowest BCUT2D eigenvalue weighted by Crippen LogP contribution is -2.25. The third kappa shape index (κ3) is 3.53. The second kappa shape index (κ2) is 7.79. The van der Waals surface area contributed by atoms with Crippen molar-refractivity contribution >= 4 is 23.2 Å². The van der Waals surface area contributed by atoms with Crippen LogP contribution >= 0.6 is 0 Å². The number of ether oxygens (including phenoxy) is 3. The first kappa shape index (κ1) is 19.3. The normalized spacial score (nSPS) is 12.2. The van der Waals surface area contributed by atoms with Gasteiger partial charge in [0.2, 0.25) is 0 Å². The minimum Gasteiger partial charge on any atom is -0.497 e. The molecular formula is C23H20N2O5. The van der Waals surface area contributed by atoms with Crippen molar-refractivity contribution in [2.75, 3.05) is 31.5 Å². The molecule has 0 radical (unpaired) electrons. The maximum Gasteiger partial charge on any atom is 0.261 e. The van der Waals surface area contributed by atoms with Crippen LogP contribution in [-0.4, -0.2) is 33.1 Å². The number of fused-ring (bicyclic) bond motifs is 2. The summed E-state index contributed by atoms with van der Waals surface area (Å²) in [6.07, 6.45) is 0. The van der Waals surface area contributed by atoms with Crippen molar-refractivity contribution in [1.29, 1.82) is 0 Å². The Hall–Kier alpha value is -4.00. The third-order valence-electron chi connectivity index (χ3n) is 4.83. The number of carbonyl (C=O) groups is 2. The number of methoxy groups -OCH3 is 2. The molecule has 0 fully saturated rings. The highest BCUT2D eigenvalue weighted by atomic mass is 16.5. The second-order valence-corrected chi connectivity index (χ2v) is 6.70. The molecule has 3 aromatic rings. The van der Waals surface area contributed by atoms with Gasteiger partial charge in [0.1, 0.15) is 17.2 Å². The molecule has 3 aromatic carbocycles. The fraction of sp³-hybridized carbons (Fsp3) is 0.130. The molecule has 0 saturated heterocycles. The number of nitrogens with zero attached hydrogens (tertiary/aromatic N) is 1. The number of nitrogens with one attached hydrogen (secondary N) is 1. The van der Waals surface area contributed by atoms with Crippen LogP contribution in [-0.2, 0) is 0 Å². The summed E-state index contributed by atoms with van der Waals surface area (Å²) in [7, 11) is 4.74. The Kier molecular flexibility index (Phi) is 5.02. The molecule has 0 saturated carbocycles. The van der Waals surface area contributed by atoms with Gasteiger partial charge in [-0.3, -0.25) is 9.59 Å². The lowest BCUT2D eigenvalue weighted by Gasteiger charge is -2.17. The summed E-state index contributed by atoms with van der Waals surface area (Å²) in [6, 6.07) is 17.1. The Morgan fingerprint density at radius 2 is 1.63 bits per heavy atom. The number of amides is 2. The number of carbonyl (C=O) groups excluding carboxylic acids is 2. The van der Waals surface area contributed by atoms with Crippen molar-refractivity contribution in [2.24, 2.45) is 0 Å². The minimum absolute atomic E-state index is 0.162. The molecule has 1 aliphatic rings. The molecule has 7 heteroatoms. The van der Waals surface area contributed by atoms with Crippen molar-refractivity contribution in [3.05, 3.63) is 71.8 Å². The van der Waals surface area contributed by atoms with Crippen LogP contribution in [0.15, 0.2) is 60.7 Å². The zero-order valence-electron chi connectivity index (χ0n) is 16.8. The number of benzene rings is 3. The topological polar surface area (TPSA) is 77.1 Å². The van der Waals surface area contributed by atoms with E-state index < -0.39 is 0 Å². The maximum absolute atomic E-state index is 12.8. The van der Waals surface area contributed by atoms with Gasteiger partial charge >= 0.3 is 0 Å². The summed E-state index contributed by atoms with van der Waals surface area (Å²) in [4.78, 5) is 27.0. The van der Waals surface area contributed by atoms with Gasteiger partial charge < -0.3 is 24.4 Å². The van der Waals surface area contributed by atoms with Gasteiger partial charge in [0.25, 0.3) is 11.8 Å². The number of para-hydroxylation sites is 1. The largest absolute Gasteiger partial charge is 0.497 e. The summed E-state index contributed by atoms with van der Waals surface area (Å²) in [6.45, 7) is 0. The van der Waals surface area contributed by atoms with Gasteiger partial charge in [0.05, 0.1) is 25.5 Å². The Morgan fingerprint density at radius 3 is 2.33 bits per heavy atom. The van der Waals surface area contributed by atoms with E-state index >= 15 is 0 Å². The first-order chi connectivity index (χ1) is 14.5. The van der Waals surface area contributed by atoms with Crippen LogP contribution in [0.4, 0.5) is 11.4 Å². The molecule has 0 spiro atoms. The number of rotatable bonds is 4. The minimum atomic E-state index is -0.328. The summed E-state index contributed by atoms with van der Waals surface area (Å²) < 4.78 is 16.4. The lowest BCUT2D eigenvalue weighted by atomic mass is 10.1. The van der Waals surface area contributed by atoms with Crippen LogP contribution in [0.5, 0.6) is 23.0 Å². The molecule has 1 aliphatic heterocycles. The number of hydrogen-bond donors (Lipinski definition) is 1. The Balaban J connectivity index is 1.65. The zero-order chi connectivity index (χ0) is 21.3. The molecule has 0 aromatic heterocycles. The lowest BCUT2D eigenvalue weighted by molar-refractivity contribution is 0.0991. The van der Waals surface area contributed by atoms with E-state index in [-0.39, 0.29) is 11.8 Å². The SMILES string of the molecule is COc1cc(OC)cc(C(=O)Nc2ccc3c(c2)Oc2ccccc2C(=O)N3C)c1. The van der Waals surface area contributed by atoms with Crippen molar-refractivity contribution < 1.29 is 23.8 Å². The van der Waals surface area contributed by atoms with Crippen molar-refractivity contribution in [3.63, 3.8) is 0 Å². The zero-order valence-corrected chi connectivity index (χ0v) is 16.8. The van der Waals surface area contributed by atoms with Gasteiger partial charge in [-0.15, -0.1) is 0 Å². The van der Waals surface area contributed by atoms with E-state index in [1.165, 1.54) is 19.1 Å². The average Bonchev–Trinajstić information content (AvgIpc) is 2.87. The van der Waals surface area contributed by atoms with Crippen molar-refractivity contribution in [1.82, 2.24) is 0 Å². The van der Waals surface area contributed by atoms with E-state index in [2.05, 4.69) is 5.32 Å². The molecule has 1 heterocycles. The third-order valence-corrected chi connectivity index (χ3v) is 4.83. The molecular weight excluding hydrogens is 384 g/mol. The van der Waals surface area contributed by atoms with Crippen LogP contribution in [0, 0.1) is 0 Å². The summed E-state index contributed by atoms with van der Waals surface area (Å²) in [5.41, 5.74) is 2.00.